The molecule has 1 aromatic carbocycles. The van der Waals surface area contributed by atoms with E-state index in [0.717, 1.165) is 37.7 Å². The smallest absolute Gasteiger partial charge is 0.191 e. The molecule has 0 bridgehead atoms. The van der Waals surface area contributed by atoms with E-state index in [1.807, 2.05) is 12.1 Å². The summed E-state index contributed by atoms with van der Waals surface area (Å²) in [5.41, 5.74) is 2.45. The molecule has 0 radical (unpaired) electrons. The molecule has 0 aliphatic carbocycles. The van der Waals surface area contributed by atoms with E-state index >= 15 is 0 Å². The Morgan fingerprint density at radius 2 is 2.00 bits per heavy atom. The molecule has 4 nitrogen and oxygen atoms in total. The van der Waals surface area contributed by atoms with Gasteiger partial charge in [-0.1, -0.05) is 25.5 Å². The molecule has 0 atom stereocenters. The maximum atomic E-state index is 5.74. The third-order valence-electron chi connectivity index (χ3n) is 3.39. The Bertz CT molecular complexity index is 596. The van der Waals surface area contributed by atoms with Gasteiger partial charge in [-0.3, -0.25) is 4.99 Å². The lowest BCUT2D eigenvalue weighted by atomic mass is 10.2. The second-order valence-electron chi connectivity index (χ2n) is 5.26. The first kappa shape index (κ1) is 17.3. The Balaban J connectivity index is 1.80. The summed E-state index contributed by atoms with van der Waals surface area (Å²) in [6.45, 7) is 4.44. The summed E-state index contributed by atoms with van der Waals surface area (Å²) in [6.07, 6.45) is 2.23. The van der Waals surface area contributed by atoms with E-state index in [-0.39, 0.29) is 0 Å². The average molecular weight is 331 g/mol. The van der Waals surface area contributed by atoms with Gasteiger partial charge in [0.05, 0.1) is 6.61 Å². The monoisotopic (exact) mass is 331 g/mol. The minimum Gasteiger partial charge on any atom is -0.494 e. The van der Waals surface area contributed by atoms with Crippen LogP contribution in [0.15, 0.2) is 46.1 Å². The van der Waals surface area contributed by atoms with Crippen molar-refractivity contribution >= 4 is 17.3 Å². The molecule has 0 saturated heterocycles. The Morgan fingerprint density at radius 1 is 1.17 bits per heavy atom. The summed E-state index contributed by atoms with van der Waals surface area (Å²) in [5, 5.41) is 10.9. The number of nitrogens with one attached hydrogen (secondary N) is 2. The summed E-state index contributed by atoms with van der Waals surface area (Å²) in [6, 6.07) is 10.3. The third kappa shape index (κ3) is 6.32. The fourth-order valence-electron chi connectivity index (χ4n) is 2.07. The summed E-state index contributed by atoms with van der Waals surface area (Å²) >= 11 is 1.70. The molecule has 0 aliphatic heterocycles. The lowest BCUT2D eigenvalue weighted by Gasteiger charge is -2.12. The molecule has 0 spiro atoms. The molecule has 0 saturated carbocycles. The van der Waals surface area contributed by atoms with Gasteiger partial charge in [0.25, 0.3) is 0 Å². The number of nitrogens with zero attached hydrogens (tertiary/aromatic N) is 1. The number of hydrogen-bond donors (Lipinski definition) is 2. The van der Waals surface area contributed by atoms with Gasteiger partial charge in [0.15, 0.2) is 5.96 Å². The Morgan fingerprint density at radius 3 is 2.70 bits per heavy atom. The maximum Gasteiger partial charge on any atom is 0.191 e. The van der Waals surface area contributed by atoms with Crippen LogP contribution in [0.1, 0.15) is 30.9 Å². The van der Waals surface area contributed by atoms with Crippen LogP contribution in [0.3, 0.4) is 0 Å². The van der Waals surface area contributed by atoms with Crippen molar-refractivity contribution in [3.05, 3.63) is 52.2 Å². The van der Waals surface area contributed by atoms with Gasteiger partial charge in [0.1, 0.15) is 5.75 Å². The van der Waals surface area contributed by atoms with Crippen molar-refractivity contribution in [2.24, 2.45) is 4.99 Å². The van der Waals surface area contributed by atoms with Gasteiger partial charge in [0.2, 0.25) is 0 Å². The number of ether oxygens (including phenoxy) is 1. The lowest BCUT2D eigenvalue weighted by Crippen LogP contribution is -2.36. The summed E-state index contributed by atoms with van der Waals surface area (Å²) in [4.78, 5) is 4.25. The van der Waals surface area contributed by atoms with E-state index < -0.39 is 0 Å². The van der Waals surface area contributed by atoms with Gasteiger partial charge in [-0.05, 0) is 46.5 Å². The van der Waals surface area contributed by atoms with Gasteiger partial charge < -0.3 is 15.4 Å². The molecule has 2 aromatic rings. The predicted octanol–water partition coefficient (Wildman–Crippen LogP) is 3.79. The normalized spacial score (nSPS) is 11.3. The molecule has 5 heteroatoms. The minimum absolute atomic E-state index is 0.717. The molecule has 2 rings (SSSR count). The zero-order valence-corrected chi connectivity index (χ0v) is 14.7. The summed E-state index contributed by atoms with van der Waals surface area (Å²) in [7, 11) is 1.78. The largest absolute Gasteiger partial charge is 0.494 e. The zero-order chi connectivity index (χ0) is 16.3. The molecule has 1 aromatic heterocycles. The van der Waals surface area contributed by atoms with Crippen molar-refractivity contribution in [2.75, 3.05) is 13.7 Å². The lowest BCUT2D eigenvalue weighted by molar-refractivity contribution is 0.309. The number of hydrogen-bond acceptors (Lipinski definition) is 3. The van der Waals surface area contributed by atoms with Crippen LogP contribution in [0.4, 0.5) is 0 Å². The van der Waals surface area contributed by atoms with Crippen LogP contribution in [0, 0.1) is 0 Å². The molecular weight excluding hydrogens is 306 g/mol. The quantitative estimate of drug-likeness (QED) is 0.439. The van der Waals surface area contributed by atoms with Crippen molar-refractivity contribution in [3.8, 4) is 5.75 Å². The Labute approximate surface area is 142 Å². The van der Waals surface area contributed by atoms with Crippen LogP contribution in [0.2, 0.25) is 0 Å². The van der Waals surface area contributed by atoms with Gasteiger partial charge >= 0.3 is 0 Å². The molecular formula is C18H25N3OS. The molecule has 0 aliphatic rings. The van der Waals surface area contributed by atoms with Crippen LogP contribution >= 0.6 is 11.3 Å². The molecule has 1 heterocycles. The molecule has 2 N–H and O–H groups in total. The standard InChI is InChI=1S/C18H25N3OS/c1-3-4-9-22-17-7-5-6-15(11-17)12-20-18(19-2)21-13-16-8-10-23-14-16/h5-8,10-11,14H,3-4,9,12-13H2,1-2H3,(H2,19,20,21). The topological polar surface area (TPSA) is 45.6 Å². The van der Waals surface area contributed by atoms with Gasteiger partial charge in [-0.25, -0.2) is 0 Å². The highest BCUT2D eigenvalue weighted by molar-refractivity contribution is 7.07. The zero-order valence-electron chi connectivity index (χ0n) is 13.8. The SMILES string of the molecule is CCCCOc1cccc(CNC(=NC)NCc2ccsc2)c1. The highest BCUT2D eigenvalue weighted by atomic mass is 32.1. The van der Waals surface area contributed by atoms with E-state index in [4.69, 9.17) is 4.74 Å². The summed E-state index contributed by atoms with van der Waals surface area (Å²) in [5.74, 6) is 1.73. The van der Waals surface area contributed by atoms with E-state index in [0.29, 0.717) is 6.54 Å². The number of rotatable bonds is 8. The average Bonchev–Trinajstić information content (AvgIpc) is 3.09. The highest BCUT2D eigenvalue weighted by Crippen LogP contribution is 2.13. The van der Waals surface area contributed by atoms with Crippen LogP contribution in [-0.4, -0.2) is 19.6 Å². The number of aliphatic imine (C=N–C) groups is 1. The first-order chi connectivity index (χ1) is 11.3. The van der Waals surface area contributed by atoms with Crippen LogP contribution in [0.5, 0.6) is 5.75 Å². The van der Waals surface area contributed by atoms with Crippen LogP contribution < -0.4 is 15.4 Å². The molecule has 0 amide bonds. The number of guanidine groups is 1. The number of thiophene rings is 1. The number of benzene rings is 1. The first-order valence-corrected chi connectivity index (χ1v) is 8.93. The Kier molecular flexibility index (Phi) is 7.46. The van der Waals surface area contributed by atoms with E-state index in [9.17, 15) is 0 Å². The highest BCUT2D eigenvalue weighted by Gasteiger charge is 2.01. The van der Waals surface area contributed by atoms with Crippen molar-refractivity contribution in [1.82, 2.24) is 10.6 Å². The van der Waals surface area contributed by atoms with Crippen LogP contribution in [-0.2, 0) is 13.1 Å². The molecule has 0 unspecified atom stereocenters. The molecule has 0 fully saturated rings. The third-order valence-corrected chi connectivity index (χ3v) is 4.12. The first-order valence-electron chi connectivity index (χ1n) is 7.99. The second kappa shape index (κ2) is 9.90. The van der Waals surface area contributed by atoms with Crippen molar-refractivity contribution in [2.45, 2.75) is 32.9 Å². The summed E-state index contributed by atoms with van der Waals surface area (Å²) < 4.78 is 5.74. The van der Waals surface area contributed by atoms with E-state index in [2.05, 4.69) is 51.5 Å². The molecule has 124 valence electrons. The van der Waals surface area contributed by atoms with Gasteiger partial charge in [0, 0.05) is 20.1 Å². The van der Waals surface area contributed by atoms with Gasteiger partial charge in [-0.15, -0.1) is 0 Å². The van der Waals surface area contributed by atoms with Crippen molar-refractivity contribution < 1.29 is 4.74 Å². The molecule has 23 heavy (non-hydrogen) atoms. The maximum absolute atomic E-state index is 5.74. The Hall–Kier alpha value is -2.01. The van der Waals surface area contributed by atoms with Crippen molar-refractivity contribution in [1.29, 1.82) is 0 Å². The van der Waals surface area contributed by atoms with E-state index in [1.54, 1.807) is 18.4 Å². The van der Waals surface area contributed by atoms with Crippen LogP contribution in [0.25, 0.3) is 0 Å². The fourth-order valence-corrected chi connectivity index (χ4v) is 2.73. The second-order valence-corrected chi connectivity index (χ2v) is 6.04. The van der Waals surface area contributed by atoms with Crippen molar-refractivity contribution in [3.63, 3.8) is 0 Å². The fraction of sp³-hybridized carbons (Fsp3) is 0.389. The predicted molar refractivity (Wildman–Crippen MR) is 98.2 cm³/mol. The van der Waals surface area contributed by atoms with E-state index in [1.165, 1.54) is 11.1 Å². The van der Waals surface area contributed by atoms with Gasteiger partial charge in [-0.2, -0.15) is 11.3 Å². The number of unbranched alkanes of at least 4 members (excludes halogenated alkanes) is 1. The minimum atomic E-state index is 0.717.